The van der Waals surface area contributed by atoms with Gasteiger partial charge in [0.15, 0.2) is 0 Å². The summed E-state index contributed by atoms with van der Waals surface area (Å²) >= 11 is 3.34. The minimum absolute atomic E-state index is 0.322. The number of rotatable bonds is 3. The number of hydrogen-bond acceptors (Lipinski definition) is 2. The van der Waals surface area contributed by atoms with Crippen molar-refractivity contribution >= 4 is 23.5 Å². The molecule has 3 heteroatoms. The van der Waals surface area contributed by atoms with E-state index >= 15 is 0 Å². The van der Waals surface area contributed by atoms with Gasteiger partial charge in [0, 0.05) is 6.42 Å². The largest absolute Gasteiger partial charge is 0.290 e. The van der Waals surface area contributed by atoms with Gasteiger partial charge in [0.2, 0.25) is 5.78 Å². The minimum Gasteiger partial charge on any atom is -0.290 e. The zero-order valence-corrected chi connectivity index (χ0v) is 5.57. The van der Waals surface area contributed by atoms with Crippen molar-refractivity contribution in [3.8, 4) is 0 Å². The normalized spacial score (nSPS) is 8.75. The molecular formula is C5H8O2S. The van der Waals surface area contributed by atoms with E-state index in [-0.39, 0.29) is 0 Å². The molecule has 0 aromatic rings. The maximum Gasteiger partial charge on any atom is 0.251 e. The molecule has 0 aliphatic carbocycles. The predicted molar refractivity (Wildman–Crippen MR) is 33.9 cm³/mol. The van der Waals surface area contributed by atoms with Gasteiger partial charge in [-0.05, 0) is 6.42 Å². The first-order chi connectivity index (χ1) is 3.68. The topological polar surface area (TPSA) is 34.1 Å². The highest BCUT2D eigenvalue weighted by Gasteiger charge is 2.04. The van der Waals surface area contributed by atoms with Crippen molar-refractivity contribution in [2.75, 3.05) is 0 Å². The van der Waals surface area contributed by atoms with Crippen LogP contribution in [0.1, 0.15) is 19.8 Å². The fourth-order valence-electron chi connectivity index (χ4n) is 0.334. The van der Waals surface area contributed by atoms with E-state index < -0.39 is 10.9 Å². The number of thiol groups is 1. The maximum absolute atomic E-state index is 10.3. The monoisotopic (exact) mass is 132 g/mol. The summed E-state index contributed by atoms with van der Waals surface area (Å²) in [6, 6.07) is 0. The summed E-state index contributed by atoms with van der Waals surface area (Å²) in [4.78, 5) is 20.4. The van der Waals surface area contributed by atoms with Crippen LogP contribution in [-0.4, -0.2) is 10.9 Å². The average Bonchev–Trinajstić information content (AvgIpc) is 1.67. The zero-order chi connectivity index (χ0) is 6.57. The number of ketones is 1. The Labute approximate surface area is 53.7 Å². The first-order valence-electron chi connectivity index (χ1n) is 2.44. The third kappa shape index (κ3) is 2.80. The number of carbonyl (C=O) groups is 2. The molecule has 0 aromatic heterocycles. The van der Waals surface area contributed by atoms with Gasteiger partial charge in [-0.1, -0.05) is 19.6 Å². The van der Waals surface area contributed by atoms with Gasteiger partial charge in [-0.25, -0.2) is 0 Å². The van der Waals surface area contributed by atoms with Crippen LogP contribution in [0.4, 0.5) is 0 Å². The van der Waals surface area contributed by atoms with Gasteiger partial charge in [-0.2, -0.15) is 0 Å². The third-order valence-corrected chi connectivity index (χ3v) is 0.965. The molecule has 0 fully saturated rings. The SMILES string of the molecule is CCCC(=O)C(=O)S. The van der Waals surface area contributed by atoms with Crippen molar-refractivity contribution in [2.45, 2.75) is 19.8 Å². The first kappa shape index (κ1) is 7.69. The fraction of sp³-hybridized carbons (Fsp3) is 0.600. The third-order valence-electron chi connectivity index (χ3n) is 0.716. The van der Waals surface area contributed by atoms with Gasteiger partial charge in [0.05, 0.1) is 0 Å². The van der Waals surface area contributed by atoms with Gasteiger partial charge in [0.1, 0.15) is 0 Å². The van der Waals surface area contributed by atoms with E-state index in [1.54, 1.807) is 0 Å². The molecule has 0 aliphatic heterocycles. The van der Waals surface area contributed by atoms with E-state index in [9.17, 15) is 9.59 Å². The Morgan fingerprint density at radius 1 is 1.50 bits per heavy atom. The molecule has 2 nitrogen and oxygen atoms in total. The second-order valence-corrected chi connectivity index (χ2v) is 1.88. The van der Waals surface area contributed by atoms with Gasteiger partial charge in [-0.15, -0.1) is 0 Å². The lowest BCUT2D eigenvalue weighted by molar-refractivity contribution is -0.131. The van der Waals surface area contributed by atoms with Gasteiger partial charge >= 0.3 is 0 Å². The molecule has 0 radical (unpaired) electrons. The van der Waals surface area contributed by atoms with Crippen LogP contribution in [0.25, 0.3) is 0 Å². The summed E-state index contributed by atoms with van der Waals surface area (Å²) in [6.07, 6.45) is 1.04. The number of Topliss-reactive ketones (excluding diaryl/α,β-unsaturated/α-hetero) is 1. The Morgan fingerprint density at radius 3 is 2.12 bits per heavy atom. The second kappa shape index (κ2) is 3.66. The molecule has 0 heterocycles. The molecule has 0 rings (SSSR count). The summed E-state index contributed by atoms with van der Waals surface area (Å²) in [5.74, 6) is -0.393. The Hall–Kier alpha value is -0.310. The molecule has 0 spiro atoms. The van der Waals surface area contributed by atoms with Gasteiger partial charge in [-0.3, -0.25) is 9.59 Å². The lowest BCUT2D eigenvalue weighted by atomic mass is 10.2. The summed E-state index contributed by atoms with van der Waals surface area (Å²) < 4.78 is 0. The van der Waals surface area contributed by atoms with Crippen molar-refractivity contribution in [3.63, 3.8) is 0 Å². The van der Waals surface area contributed by atoms with Crippen molar-refractivity contribution in [1.29, 1.82) is 0 Å². The average molecular weight is 132 g/mol. The van der Waals surface area contributed by atoms with Crippen LogP contribution < -0.4 is 0 Å². The van der Waals surface area contributed by atoms with Crippen molar-refractivity contribution < 1.29 is 9.59 Å². The van der Waals surface area contributed by atoms with E-state index in [4.69, 9.17) is 0 Å². The van der Waals surface area contributed by atoms with E-state index in [1.165, 1.54) is 0 Å². The van der Waals surface area contributed by atoms with E-state index in [0.717, 1.165) is 0 Å². The Kier molecular flexibility index (Phi) is 3.52. The van der Waals surface area contributed by atoms with Crippen LogP contribution in [0.3, 0.4) is 0 Å². The summed E-state index contributed by atoms with van der Waals surface area (Å²) in [7, 11) is 0. The van der Waals surface area contributed by atoms with Crippen LogP contribution in [0.5, 0.6) is 0 Å². The zero-order valence-electron chi connectivity index (χ0n) is 4.68. The molecular weight excluding hydrogens is 124 g/mol. The van der Waals surface area contributed by atoms with Crippen molar-refractivity contribution in [3.05, 3.63) is 0 Å². The summed E-state index contributed by atoms with van der Waals surface area (Å²) in [5.41, 5.74) is 0. The molecule has 0 N–H and O–H groups in total. The van der Waals surface area contributed by atoms with Crippen molar-refractivity contribution in [1.82, 2.24) is 0 Å². The van der Waals surface area contributed by atoms with Gasteiger partial charge in [0.25, 0.3) is 5.12 Å². The molecule has 0 saturated heterocycles. The van der Waals surface area contributed by atoms with Crippen LogP contribution in [-0.2, 0) is 9.59 Å². The molecule has 0 saturated carbocycles. The van der Waals surface area contributed by atoms with Crippen LogP contribution in [0.2, 0.25) is 0 Å². The lowest BCUT2D eigenvalue weighted by Gasteiger charge is -1.86. The van der Waals surface area contributed by atoms with Crippen LogP contribution in [0.15, 0.2) is 0 Å². The number of hydrogen-bond donors (Lipinski definition) is 1. The highest BCUT2D eigenvalue weighted by Crippen LogP contribution is 1.91. The highest BCUT2D eigenvalue weighted by molar-refractivity contribution is 7.98. The van der Waals surface area contributed by atoms with E-state index in [2.05, 4.69) is 12.6 Å². The lowest BCUT2D eigenvalue weighted by Crippen LogP contribution is -2.04. The molecule has 0 atom stereocenters. The molecule has 0 aliphatic rings. The quantitative estimate of drug-likeness (QED) is 0.455. The van der Waals surface area contributed by atoms with Crippen LogP contribution in [0, 0.1) is 0 Å². The first-order valence-corrected chi connectivity index (χ1v) is 2.89. The molecule has 0 bridgehead atoms. The Bertz CT molecular complexity index is 109. The second-order valence-electron chi connectivity index (χ2n) is 1.48. The Morgan fingerprint density at radius 2 is 2.00 bits per heavy atom. The van der Waals surface area contributed by atoms with E-state index in [0.29, 0.717) is 12.8 Å². The number of carbonyl (C=O) groups excluding carboxylic acids is 2. The summed E-state index contributed by atoms with van der Waals surface area (Å²) in [6.45, 7) is 1.84. The minimum atomic E-state index is -0.633. The molecule has 0 unspecified atom stereocenters. The smallest absolute Gasteiger partial charge is 0.251 e. The van der Waals surface area contributed by atoms with Crippen molar-refractivity contribution in [2.24, 2.45) is 0 Å². The predicted octanol–water partition coefficient (Wildman–Crippen LogP) is 0.812. The maximum atomic E-state index is 10.3. The molecule has 0 amide bonds. The fourth-order valence-corrected chi connectivity index (χ4v) is 0.446. The molecule has 0 aromatic carbocycles. The standard InChI is InChI=1S/C5H8O2S/c1-2-3-4(6)5(7)8/h2-3H2,1H3,(H,7,8). The van der Waals surface area contributed by atoms with Gasteiger partial charge < -0.3 is 0 Å². The molecule has 46 valence electrons. The van der Waals surface area contributed by atoms with Crippen LogP contribution >= 0.6 is 12.6 Å². The summed E-state index contributed by atoms with van der Waals surface area (Å²) in [5, 5.41) is -0.633. The Balaban J connectivity index is 3.49. The highest BCUT2D eigenvalue weighted by atomic mass is 32.1. The molecule has 8 heavy (non-hydrogen) atoms. The van der Waals surface area contributed by atoms with E-state index in [1.807, 2.05) is 6.92 Å².